The van der Waals surface area contributed by atoms with Crippen molar-refractivity contribution in [1.29, 1.82) is 0 Å². The molecule has 5 heteroatoms. The zero-order valence-corrected chi connectivity index (χ0v) is 13.8. The van der Waals surface area contributed by atoms with E-state index >= 15 is 0 Å². The maximum atomic E-state index is 14.0. The van der Waals surface area contributed by atoms with Gasteiger partial charge in [-0.15, -0.1) is 0 Å². The number of rotatable bonds is 5. The Balaban J connectivity index is 1.98. The predicted octanol–water partition coefficient (Wildman–Crippen LogP) is 3.12. The Hall–Kier alpha value is -2.40. The van der Waals surface area contributed by atoms with Crippen LogP contribution >= 0.6 is 0 Å². The molecule has 0 amide bonds. The third-order valence-corrected chi connectivity index (χ3v) is 3.36. The molecule has 2 aromatic carbocycles. The van der Waals surface area contributed by atoms with Gasteiger partial charge in [0.1, 0.15) is 5.82 Å². The summed E-state index contributed by atoms with van der Waals surface area (Å²) in [5.41, 5.74) is 9.39. The number of nitrogens with two attached hydrogens (primary N) is 1. The van der Waals surface area contributed by atoms with Crippen molar-refractivity contribution < 1.29 is 4.39 Å². The summed E-state index contributed by atoms with van der Waals surface area (Å²) in [5, 5.41) is 3.02. The van der Waals surface area contributed by atoms with Crippen LogP contribution in [0.15, 0.2) is 47.5 Å². The molecule has 122 valence electrons. The van der Waals surface area contributed by atoms with Gasteiger partial charge >= 0.3 is 0 Å². The van der Waals surface area contributed by atoms with E-state index in [1.54, 1.807) is 6.07 Å². The molecular formula is C18H23FN4. The lowest BCUT2D eigenvalue weighted by Crippen LogP contribution is -2.22. The molecule has 0 saturated carbocycles. The molecule has 0 aliphatic carbocycles. The van der Waals surface area contributed by atoms with Gasteiger partial charge in [-0.3, -0.25) is 0 Å². The van der Waals surface area contributed by atoms with Crippen LogP contribution in [-0.4, -0.2) is 25.0 Å². The molecule has 0 spiro atoms. The Labute approximate surface area is 136 Å². The zero-order valence-electron chi connectivity index (χ0n) is 13.8. The van der Waals surface area contributed by atoms with Crippen molar-refractivity contribution in [3.05, 3.63) is 65.0 Å². The van der Waals surface area contributed by atoms with Gasteiger partial charge in [0.15, 0.2) is 5.96 Å². The highest BCUT2D eigenvalue weighted by Crippen LogP contribution is 2.13. The zero-order chi connectivity index (χ0) is 16.8. The van der Waals surface area contributed by atoms with Gasteiger partial charge < -0.3 is 16.0 Å². The standard InChI is InChI=1S/C18H23FN4/c1-13-4-8-16(9-5-13)22-18(20)21-11-14-6-7-15(12-23(2)3)17(19)10-14/h4-10H,11-12H2,1-3H3,(H3,20,21,22). The average molecular weight is 314 g/mol. The Morgan fingerprint density at radius 1 is 1.17 bits per heavy atom. The lowest BCUT2D eigenvalue weighted by Gasteiger charge is -2.11. The van der Waals surface area contributed by atoms with E-state index < -0.39 is 0 Å². The average Bonchev–Trinajstić information content (AvgIpc) is 2.50. The van der Waals surface area contributed by atoms with Crippen molar-refractivity contribution >= 4 is 11.6 Å². The van der Waals surface area contributed by atoms with E-state index in [1.807, 2.05) is 56.3 Å². The molecule has 2 rings (SSSR count). The summed E-state index contributed by atoms with van der Waals surface area (Å²) >= 11 is 0. The molecule has 0 bridgehead atoms. The maximum absolute atomic E-state index is 14.0. The SMILES string of the molecule is Cc1ccc(NC(N)=NCc2ccc(CN(C)C)c(F)c2)cc1. The molecule has 0 radical (unpaired) electrons. The lowest BCUT2D eigenvalue weighted by molar-refractivity contribution is 0.392. The van der Waals surface area contributed by atoms with Crippen LogP contribution in [0.4, 0.5) is 10.1 Å². The van der Waals surface area contributed by atoms with Gasteiger partial charge in [-0.2, -0.15) is 0 Å². The molecule has 2 aromatic rings. The smallest absolute Gasteiger partial charge is 0.193 e. The number of benzene rings is 2. The van der Waals surface area contributed by atoms with E-state index in [-0.39, 0.29) is 5.82 Å². The number of halogens is 1. The first-order valence-corrected chi connectivity index (χ1v) is 7.49. The first-order chi connectivity index (χ1) is 10.9. The molecule has 0 heterocycles. The second-order valence-corrected chi connectivity index (χ2v) is 5.86. The molecule has 0 aliphatic rings. The fraction of sp³-hybridized carbons (Fsp3) is 0.278. The number of anilines is 1. The van der Waals surface area contributed by atoms with E-state index in [1.165, 1.54) is 11.6 Å². The van der Waals surface area contributed by atoms with Gasteiger partial charge in [0.2, 0.25) is 0 Å². The second kappa shape index (κ2) is 7.74. The lowest BCUT2D eigenvalue weighted by atomic mass is 10.1. The van der Waals surface area contributed by atoms with Gasteiger partial charge in [0.25, 0.3) is 0 Å². The van der Waals surface area contributed by atoms with Crippen LogP contribution in [0.2, 0.25) is 0 Å². The molecule has 0 aromatic heterocycles. The summed E-state index contributed by atoms with van der Waals surface area (Å²) in [5.74, 6) is 0.100. The minimum Gasteiger partial charge on any atom is -0.370 e. The summed E-state index contributed by atoms with van der Waals surface area (Å²) in [4.78, 5) is 6.18. The summed E-state index contributed by atoms with van der Waals surface area (Å²) in [6, 6.07) is 13.1. The highest BCUT2D eigenvalue weighted by Gasteiger charge is 2.05. The van der Waals surface area contributed by atoms with Gasteiger partial charge in [-0.25, -0.2) is 9.38 Å². The van der Waals surface area contributed by atoms with Gasteiger partial charge in [-0.1, -0.05) is 29.8 Å². The molecule has 0 unspecified atom stereocenters. The number of hydrogen-bond acceptors (Lipinski definition) is 2. The quantitative estimate of drug-likeness (QED) is 0.658. The van der Waals surface area contributed by atoms with Gasteiger partial charge in [0, 0.05) is 17.8 Å². The molecule has 0 saturated heterocycles. The number of aliphatic imine (C=N–C) groups is 1. The largest absolute Gasteiger partial charge is 0.370 e. The van der Waals surface area contributed by atoms with Crippen molar-refractivity contribution in [2.24, 2.45) is 10.7 Å². The van der Waals surface area contributed by atoms with Crippen LogP contribution in [0.5, 0.6) is 0 Å². The van der Waals surface area contributed by atoms with E-state index in [2.05, 4.69) is 10.3 Å². The molecule has 0 aliphatic heterocycles. The first kappa shape index (κ1) is 17.0. The Morgan fingerprint density at radius 2 is 1.87 bits per heavy atom. The van der Waals surface area contributed by atoms with Crippen molar-refractivity contribution in [3.8, 4) is 0 Å². The minimum absolute atomic E-state index is 0.212. The van der Waals surface area contributed by atoms with Crippen LogP contribution < -0.4 is 11.1 Å². The highest BCUT2D eigenvalue weighted by molar-refractivity contribution is 5.92. The Kier molecular flexibility index (Phi) is 5.71. The fourth-order valence-electron chi connectivity index (χ4n) is 2.16. The predicted molar refractivity (Wildman–Crippen MR) is 93.9 cm³/mol. The Morgan fingerprint density at radius 3 is 2.48 bits per heavy atom. The van der Waals surface area contributed by atoms with E-state index in [4.69, 9.17) is 5.73 Å². The van der Waals surface area contributed by atoms with E-state index in [9.17, 15) is 4.39 Å². The minimum atomic E-state index is -0.212. The molecule has 4 nitrogen and oxygen atoms in total. The summed E-state index contributed by atoms with van der Waals surface area (Å²) in [7, 11) is 3.82. The first-order valence-electron chi connectivity index (χ1n) is 7.49. The maximum Gasteiger partial charge on any atom is 0.193 e. The second-order valence-electron chi connectivity index (χ2n) is 5.86. The van der Waals surface area contributed by atoms with E-state index in [0.29, 0.717) is 24.6 Å². The third-order valence-electron chi connectivity index (χ3n) is 3.36. The van der Waals surface area contributed by atoms with E-state index in [0.717, 1.165) is 11.3 Å². The highest BCUT2D eigenvalue weighted by atomic mass is 19.1. The van der Waals surface area contributed by atoms with Crippen molar-refractivity contribution in [2.75, 3.05) is 19.4 Å². The van der Waals surface area contributed by atoms with Crippen molar-refractivity contribution in [3.63, 3.8) is 0 Å². The normalized spacial score (nSPS) is 11.8. The van der Waals surface area contributed by atoms with Crippen molar-refractivity contribution in [1.82, 2.24) is 4.90 Å². The van der Waals surface area contributed by atoms with Crippen LogP contribution in [0.25, 0.3) is 0 Å². The molecule has 23 heavy (non-hydrogen) atoms. The summed E-state index contributed by atoms with van der Waals surface area (Å²) in [6.07, 6.45) is 0. The monoisotopic (exact) mass is 314 g/mol. The summed E-state index contributed by atoms with van der Waals surface area (Å²) < 4.78 is 14.0. The number of nitrogens with zero attached hydrogens (tertiary/aromatic N) is 2. The van der Waals surface area contributed by atoms with Gasteiger partial charge in [-0.05, 0) is 44.8 Å². The van der Waals surface area contributed by atoms with Crippen molar-refractivity contribution in [2.45, 2.75) is 20.0 Å². The number of aryl methyl sites for hydroxylation is 1. The number of guanidine groups is 1. The topological polar surface area (TPSA) is 53.6 Å². The molecule has 3 N–H and O–H groups in total. The third kappa shape index (κ3) is 5.38. The Bertz CT molecular complexity index is 678. The van der Waals surface area contributed by atoms with Crippen LogP contribution in [0.1, 0.15) is 16.7 Å². The van der Waals surface area contributed by atoms with Crippen LogP contribution in [-0.2, 0) is 13.1 Å². The van der Waals surface area contributed by atoms with Gasteiger partial charge in [0.05, 0.1) is 6.54 Å². The molecule has 0 fully saturated rings. The number of hydrogen-bond donors (Lipinski definition) is 2. The summed E-state index contributed by atoms with van der Waals surface area (Å²) in [6.45, 7) is 2.94. The molecular weight excluding hydrogens is 291 g/mol. The number of nitrogens with one attached hydrogen (secondary N) is 1. The molecule has 0 atom stereocenters. The van der Waals surface area contributed by atoms with Crippen LogP contribution in [0.3, 0.4) is 0 Å². The fourth-order valence-corrected chi connectivity index (χ4v) is 2.16. The van der Waals surface area contributed by atoms with Crippen LogP contribution in [0, 0.1) is 12.7 Å².